The van der Waals surface area contributed by atoms with Gasteiger partial charge in [-0.15, -0.1) is 0 Å². The maximum atomic E-state index is 6.21. The molecule has 21 heavy (non-hydrogen) atoms. The third kappa shape index (κ3) is 11.8. The van der Waals surface area contributed by atoms with Gasteiger partial charge in [0.15, 0.2) is 0 Å². The molecule has 0 saturated carbocycles. The van der Waals surface area contributed by atoms with E-state index in [-0.39, 0.29) is 0 Å². The average molecular weight is 409 g/mol. The Morgan fingerprint density at radius 1 is 0.524 bits per heavy atom. The molecule has 0 aliphatic heterocycles. The molecule has 3 nitrogen and oxygen atoms in total. The van der Waals surface area contributed by atoms with E-state index in [1.54, 1.807) is 0 Å². The molecular weight excluding hydrogens is 371 g/mol. The summed E-state index contributed by atoms with van der Waals surface area (Å²) >= 11 is -3.24. The van der Waals surface area contributed by atoms with Gasteiger partial charge in [0, 0.05) is 0 Å². The monoisotopic (exact) mass is 410 g/mol. The van der Waals surface area contributed by atoms with E-state index in [4.69, 9.17) is 9.22 Å². The molecule has 0 unspecified atom stereocenters. The number of unbranched alkanes of at least 4 members (excludes halogenated alkanes) is 6. The molecule has 0 radical (unpaired) electrons. The van der Waals surface area contributed by atoms with Crippen molar-refractivity contribution < 1.29 is 9.22 Å². The zero-order valence-electron chi connectivity index (χ0n) is 14.9. The Balaban J connectivity index is 4.22. The van der Waals surface area contributed by atoms with Crippen LogP contribution in [0.5, 0.6) is 0 Å². The predicted octanol–water partition coefficient (Wildman–Crippen LogP) is 5.57. The van der Waals surface area contributed by atoms with Gasteiger partial charge in [0.2, 0.25) is 0 Å². The van der Waals surface area contributed by atoms with E-state index in [0.717, 1.165) is 43.5 Å². The van der Waals surface area contributed by atoms with Crippen LogP contribution in [0.15, 0.2) is 0 Å². The van der Waals surface area contributed by atoms with E-state index in [2.05, 4.69) is 27.7 Å². The summed E-state index contributed by atoms with van der Waals surface area (Å²) in [5.74, 6) is 0. The second-order valence-corrected chi connectivity index (χ2v) is 14.1. The molecule has 0 aromatic rings. The van der Waals surface area contributed by atoms with Crippen LogP contribution in [-0.4, -0.2) is 39.4 Å². The van der Waals surface area contributed by atoms with Gasteiger partial charge in [-0.3, -0.25) is 0 Å². The summed E-state index contributed by atoms with van der Waals surface area (Å²) in [7, 11) is 0. The van der Waals surface area contributed by atoms with E-state index in [0.29, 0.717) is 0 Å². The van der Waals surface area contributed by atoms with Gasteiger partial charge < -0.3 is 0 Å². The summed E-state index contributed by atoms with van der Waals surface area (Å²) < 4.78 is 19.6. The van der Waals surface area contributed by atoms with Crippen LogP contribution < -0.4 is 0 Å². The van der Waals surface area contributed by atoms with Crippen LogP contribution in [0.1, 0.15) is 85.5 Å². The normalized spacial score (nSPS) is 12.0. The third-order valence-corrected chi connectivity index (χ3v) is 11.6. The van der Waals surface area contributed by atoms with Crippen molar-refractivity contribution in [2.75, 3.05) is 19.8 Å². The molecule has 0 amide bonds. The van der Waals surface area contributed by atoms with Crippen LogP contribution >= 0.6 is 0 Å². The fourth-order valence-corrected chi connectivity index (χ4v) is 8.53. The van der Waals surface area contributed by atoms with Gasteiger partial charge in [-0.05, 0) is 0 Å². The first-order valence-electron chi connectivity index (χ1n) is 9.16. The molecule has 0 aliphatic rings. The zero-order valence-corrected chi connectivity index (χ0v) is 17.8. The molecule has 0 N–H and O–H groups in total. The van der Waals surface area contributed by atoms with Crippen LogP contribution in [-0.2, 0) is 9.22 Å². The van der Waals surface area contributed by atoms with E-state index >= 15 is 0 Å². The molecule has 0 aromatic heterocycles. The summed E-state index contributed by atoms with van der Waals surface area (Å²) in [5, 5.41) is 0. The standard InChI is InChI=1S/3C5H11O.C2H5.Sn/c3*1-2-3-4-5-6;1-2;/h3*2-5H2,1H3;1H2,2H3;/q3*-1;;+3. The fourth-order valence-electron chi connectivity index (χ4n) is 2.17. The van der Waals surface area contributed by atoms with Crippen molar-refractivity contribution in [1.29, 1.82) is 0 Å². The molecule has 4 heteroatoms. The van der Waals surface area contributed by atoms with Gasteiger partial charge in [-0.1, -0.05) is 0 Å². The van der Waals surface area contributed by atoms with Gasteiger partial charge >= 0.3 is 139 Å². The first-order chi connectivity index (χ1) is 10.2. The first-order valence-corrected chi connectivity index (χ1v) is 14.7. The second kappa shape index (κ2) is 15.6. The van der Waals surface area contributed by atoms with Gasteiger partial charge in [-0.25, -0.2) is 0 Å². The quantitative estimate of drug-likeness (QED) is 0.247. The molecule has 0 fully saturated rings. The SMILES string of the molecule is CCCCC[O][Sn]([CH2]C)([O]CCCCC)[O]CCCCC. The molecule has 0 bridgehead atoms. The molecule has 0 rings (SSSR count). The van der Waals surface area contributed by atoms with Crippen molar-refractivity contribution in [2.45, 2.75) is 89.9 Å². The second-order valence-electron chi connectivity index (χ2n) is 5.70. The van der Waals surface area contributed by atoms with E-state index in [1.165, 1.54) is 38.5 Å². The summed E-state index contributed by atoms with van der Waals surface area (Å²) in [6, 6.07) is 0. The molecule has 0 spiro atoms. The van der Waals surface area contributed by atoms with Crippen molar-refractivity contribution >= 4 is 19.6 Å². The van der Waals surface area contributed by atoms with Crippen molar-refractivity contribution in [1.82, 2.24) is 0 Å². The number of rotatable bonds is 16. The molecule has 0 aliphatic carbocycles. The van der Waals surface area contributed by atoms with Gasteiger partial charge in [0.05, 0.1) is 0 Å². The average Bonchev–Trinajstić information content (AvgIpc) is 2.51. The Hall–Kier alpha value is 0.679. The molecule has 128 valence electrons. The maximum absolute atomic E-state index is 6.21. The molecule has 0 heterocycles. The number of hydrogen-bond acceptors (Lipinski definition) is 3. The summed E-state index contributed by atoms with van der Waals surface area (Å²) in [6.45, 7) is 11.3. The first kappa shape index (κ1) is 21.7. The summed E-state index contributed by atoms with van der Waals surface area (Å²) in [6.07, 6.45) is 10.8. The Bertz CT molecular complexity index is 181. The van der Waals surface area contributed by atoms with Crippen LogP contribution in [0, 0.1) is 0 Å². The molecule has 0 aromatic carbocycles. The minimum absolute atomic E-state index is 0.819. The van der Waals surface area contributed by atoms with E-state index in [9.17, 15) is 0 Å². The molecule has 0 atom stereocenters. The predicted molar refractivity (Wildman–Crippen MR) is 92.7 cm³/mol. The van der Waals surface area contributed by atoms with Gasteiger partial charge in [0.25, 0.3) is 0 Å². The minimum atomic E-state index is -3.24. The Labute approximate surface area is 138 Å². The van der Waals surface area contributed by atoms with E-state index in [1.807, 2.05) is 0 Å². The van der Waals surface area contributed by atoms with Crippen LogP contribution in [0.3, 0.4) is 0 Å². The zero-order chi connectivity index (χ0) is 15.8. The third-order valence-electron chi connectivity index (χ3n) is 3.64. The Morgan fingerprint density at radius 2 is 0.857 bits per heavy atom. The van der Waals surface area contributed by atoms with Crippen LogP contribution in [0.25, 0.3) is 0 Å². The Morgan fingerprint density at radius 3 is 1.10 bits per heavy atom. The molecular formula is C17H38O3Sn. The van der Waals surface area contributed by atoms with Gasteiger partial charge in [-0.2, -0.15) is 0 Å². The van der Waals surface area contributed by atoms with Crippen molar-refractivity contribution in [3.63, 3.8) is 0 Å². The van der Waals surface area contributed by atoms with Gasteiger partial charge in [0.1, 0.15) is 0 Å². The summed E-state index contributed by atoms with van der Waals surface area (Å²) in [4.78, 5) is 0. The Kier molecular flexibility index (Phi) is 16.1. The number of hydrogen-bond donors (Lipinski definition) is 0. The van der Waals surface area contributed by atoms with Crippen molar-refractivity contribution in [2.24, 2.45) is 0 Å². The van der Waals surface area contributed by atoms with Crippen molar-refractivity contribution in [3.05, 3.63) is 0 Å². The van der Waals surface area contributed by atoms with Crippen molar-refractivity contribution in [3.8, 4) is 0 Å². The van der Waals surface area contributed by atoms with Crippen LogP contribution in [0.4, 0.5) is 0 Å². The molecule has 0 saturated heterocycles. The van der Waals surface area contributed by atoms with E-state index < -0.39 is 19.6 Å². The topological polar surface area (TPSA) is 27.7 Å². The fraction of sp³-hybridized carbons (Fsp3) is 1.00. The summed E-state index contributed by atoms with van der Waals surface area (Å²) in [5.41, 5.74) is 0. The van der Waals surface area contributed by atoms with Crippen LogP contribution in [0.2, 0.25) is 4.44 Å².